The minimum atomic E-state index is -0.174. The van der Waals surface area contributed by atoms with Crippen LogP contribution in [0, 0.1) is 13.8 Å². The average molecular weight is 375 g/mol. The van der Waals surface area contributed by atoms with E-state index in [9.17, 15) is 4.79 Å². The number of carbonyl (C=O) groups is 1. The Kier molecular flexibility index (Phi) is 6.27. The van der Waals surface area contributed by atoms with Gasteiger partial charge < -0.3 is 15.4 Å². The Morgan fingerprint density at radius 1 is 1.00 bits per heavy atom. The zero-order valence-corrected chi connectivity index (χ0v) is 16.5. The number of aryl methyl sites for hydroxylation is 2. The molecule has 0 saturated heterocycles. The molecule has 144 valence electrons. The van der Waals surface area contributed by atoms with Crippen LogP contribution in [-0.4, -0.2) is 24.5 Å². The molecule has 0 aliphatic heterocycles. The monoisotopic (exact) mass is 375 g/mol. The van der Waals surface area contributed by atoms with Gasteiger partial charge in [0.15, 0.2) is 0 Å². The first-order valence-corrected chi connectivity index (χ1v) is 9.27. The third-order valence-electron chi connectivity index (χ3n) is 4.60. The number of methoxy groups -OCH3 is 1. The van der Waals surface area contributed by atoms with Gasteiger partial charge in [-0.05, 0) is 61.2 Å². The lowest BCUT2D eigenvalue weighted by atomic mass is 10.1. The van der Waals surface area contributed by atoms with E-state index in [4.69, 9.17) is 4.74 Å². The molecule has 0 fully saturated rings. The van der Waals surface area contributed by atoms with E-state index >= 15 is 0 Å². The highest BCUT2D eigenvalue weighted by atomic mass is 16.5. The molecule has 5 heteroatoms. The molecule has 3 rings (SSSR count). The number of nitrogens with one attached hydrogen (secondary N) is 2. The van der Waals surface area contributed by atoms with Gasteiger partial charge in [0.25, 0.3) is 5.91 Å². The van der Waals surface area contributed by atoms with E-state index in [-0.39, 0.29) is 5.91 Å². The standard InChI is InChI=1S/C23H25N3O2/c1-16-5-4-6-17(2)22(16)26-19-9-12-21(25-15-19)23(27)24-14-13-18-7-10-20(28-3)11-8-18/h4-12,15,26H,13-14H2,1-3H3,(H,24,27). The van der Waals surface area contributed by atoms with Crippen molar-refractivity contribution in [2.45, 2.75) is 20.3 Å². The largest absolute Gasteiger partial charge is 0.497 e. The van der Waals surface area contributed by atoms with Crippen LogP contribution in [0.3, 0.4) is 0 Å². The van der Waals surface area contributed by atoms with Crippen molar-refractivity contribution >= 4 is 17.3 Å². The number of benzene rings is 2. The number of nitrogens with zero attached hydrogens (tertiary/aromatic N) is 1. The molecule has 2 N–H and O–H groups in total. The van der Waals surface area contributed by atoms with Crippen LogP contribution in [0.25, 0.3) is 0 Å². The molecule has 1 heterocycles. The average Bonchev–Trinajstić information content (AvgIpc) is 2.72. The number of para-hydroxylation sites is 1. The molecule has 3 aromatic rings. The SMILES string of the molecule is COc1ccc(CCNC(=O)c2ccc(Nc3c(C)cccc3C)cn2)cc1. The highest BCUT2D eigenvalue weighted by molar-refractivity contribution is 5.92. The molecule has 0 atom stereocenters. The fraction of sp³-hybridized carbons (Fsp3) is 0.217. The first-order chi connectivity index (χ1) is 13.6. The summed E-state index contributed by atoms with van der Waals surface area (Å²) in [5, 5.41) is 6.29. The van der Waals surface area contributed by atoms with E-state index in [0.717, 1.165) is 29.1 Å². The van der Waals surface area contributed by atoms with Crippen molar-refractivity contribution in [3.63, 3.8) is 0 Å². The van der Waals surface area contributed by atoms with Crippen LogP contribution >= 0.6 is 0 Å². The summed E-state index contributed by atoms with van der Waals surface area (Å²) in [4.78, 5) is 16.6. The fourth-order valence-electron chi connectivity index (χ4n) is 2.96. The van der Waals surface area contributed by atoms with Gasteiger partial charge in [-0.2, -0.15) is 0 Å². The van der Waals surface area contributed by atoms with Gasteiger partial charge in [0.2, 0.25) is 0 Å². The Hall–Kier alpha value is -3.34. The Labute approximate surface area is 165 Å². The van der Waals surface area contributed by atoms with Crippen molar-refractivity contribution < 1.29 is 9.53 Å². The van der Waals surface area contributed by atoms with Gasteiger partial charge in [0.1, 0.15) is 11.4 Å². The molecule has 0 aliphatic rings. The predicted octanol–water partition coefficient (Wildman–Crippen LogP) is 4.42. The van der Waals surface area contributed by atoms with Gasteiger partial charge in [0, 0.05) is 12.2 Å². The summed E-state index contributed by atoms with van der Waals surface area (Å²) >= 11 is 0. The van der Waals surface area contributed by atoms with E-state index in [2.05, 4.69) is 41.6 Å². The zero-order valence-electron chi connectivity index (χ0n) is 16.5. The number of carbonyl (C=O) groups excluding carboxylic acids is 1. The summed E-state index contributed by atoms with van der Waals surface area (Å²) in [6.07, 6.45) is 2.44. The maximum absolute atomic E-state index is 12.3. The van der Waals surface area contributed by atoms with Gasteiger partial charge in [-0.15, -0.1) is 0 Å². The first-order valence-electron chi connectivity index (χ1n) is 9.27. The molecular weight excluding hydrogens is 350 g/mol. The smallest absolute Gasteiger partial charge is 0.269 e. The third kappa shape index (κ3) is 4.88. The second kappa shape index (κ2) is 9.04. The van der Waals surface area contributed by atoms with E-state index < -0.39 is 0 Å². The number of hydrogen-bond donors (Lipinski definition) is 2. The minimum Gasteiger partial charge on any atom is -0.497 e. The topological polar surface area (TPSA) is 63.2 Å². The van der Waals surface area contributed by atoms with Gasteiger partial charge in [-0.3, -0.25) is 4.79 Å². The van der Waals surface area contributed by atoms with Crippen LogP contribution in [-0.2, 0) is 6.42 Å². The molecule has 1 amide bonds. The van der Waals surface area contributed by atoms with Crippen molar-refractivity contribution in [3.05, 3.63) is 83.2 Å². The normalized spacial score (nSPS) is 10.4. The Morgan fingerprint density at radius 2 is 1.71 bits per heavy atom. The Morgan fingerprint density at radius 3 is 2.32 bits per heavy atom. The lowest BCUT2D eigenvalue weighted by molar-refractivity contribution is 0.0949. The van der Waals surface area contributed by atoms with Crippen LogP contribution < -0.4 is 15.4 Å². The summed E-state index contributed by atoms with van der Waals surface area (Å²) in [6.45, 7) is 4.68. The molecule has 5 nitrogen and oxygen atoms in total. The second-order valence-electron chi connectivity index (χ2n) is 6.68. The number of amides is 1. The quantitative estimate of drug-likeness (QED) is 0.641. The summed E-state index contributed by atoms with van der Waals surface area (Å²) in [5.41, 5.74) is 5.80. The van der Waals surface area contributed by atoms with Gasteiger partial charge in [-0.25, -0.2) is 4.98 Å². The van der Waals surface area contributed by atoms with Crippen LogP contribution in [0.2, 0.25) is 0 Å². The molecule has 0 bridgehead atoms. The summed E-state index contributed by atoms with van der Waals surface area (Å²) in [7, 11) is 1.64. The fourth-order valence-corrected chi connectivity index (χ4v) is 2.96. The first kappa shape index (κ1) is 19.4. The molecule has 0 radical (unpaired) electrons. The molecule has 28 heavy (non-hydrogen) atoms. The lowest BCUT2D eigenvalue weighted by Gasteiger charge is -2.12. The van der Waals surface area contributed by atoms with Crippen molar-refractivity contribution in [1.82, 2.24) is 10.3 Å². The predicted molar refractivity (Wildman–Crippen MR) is 112 cm³/mol. The van der Waals surface area contributed by atoms with Gasteiger partial charge in [-0.1, -0.05) is 30.3 Å². The number of aromatic nitrogens is 1. The van der Waals surface area contributed by atoms with Gasteiger partial charge >= 0.3 is 0 Å². The van der Waals surface area contributed by atoms with E-state index in [1.807, 2.05) is 36.4 Å². The molecule has 2 aromatic carbocycles. The third-order valence-corrected chi connectivity index (χ3v) is 4.60. The van der Waals surface area contributed by atoms with Crippen LogP contribution in [0.1, 0.15) is 27.2 Å². The number of hydrogen-bond acceptors (Lipinski definition) is 4. The molecule has 0 saturated carbocycles. The van der Waals surface area contributed by atoms with E-state index in [1.165, 1.54) is 11.1 Å². The number of pyridine rings is 1. The van der Waals surface area contributed by atoms with Crippen LogP contribution in [0.4, 0.5) is 11.4 Å². The highest BCUT2D eigenvalue weighted by Crippen LogP contribution is 2.23. The maximum atomic E-state index is 12.3. The number of rotatable bonds is 7. The lowest BCUT2D eigenvalue weighted by Crippen LogP contribution is -2.26. The van der Waals surface area contributed by atoms with Crippen molar-refractivity contribution in [1.29, 1.82) is 0 Å². The molecule has 0 unspecified atom stereocenters. The summed E-state index contributed by atoms with van der Waals surface area (Å²) in [5.74, 6) is 0.652. The molecule has 0 spiro atoms. The minimum absolute atomic E-state index is 0.174. The molecule has 0 aliphatic carbocycles. The van der Waals surface area contributed by atoms with Gasteiger partial charge in [0.05, 0.1) is 19.0 Å². The van der Waals surface area contributed by atoms with E-state index in [0.29, 0.717) is 12.2 Å². The van der Waals surface area contributed by atoms with Crippen LogP contribution in [0.5, 0.6) is 5.75 Å². The van der Waals surface area contributed by atoms with Crippen molar-refractivity contribution in [2.75, 3.05) is 19.0 Å². The van der Waals surface area contributed by atoms with Crippen molar-refractivity contribution in [2.24, 2.45) is 0 Å². The molecular formula is C23H25N3O2. The number of ether oxygens (including phenoxy) is 1. The van der Waals surface area contributed by atoms with E-state index in [1.54, 1.807) is 19.4 Å². The molecule has 1 aromatic heterocycles. The second-order valence-corrected chi connectivity index (χ2v) is 6.68. The summed E-state index contributed by atoms with van der Waals surface area (Å²) in [6, 6.07) is 17.6. The van der Waals surface area contributed by atoms with Crippen LogP contribution in [0.15, 0.2) is 60.8 Å². The highest BCUT2D eigenvalue weighted by Gasteiger charge is 2.08. The Bertz CT molecular complexity index is 915. The number of anilines is 2. The Balaban J connectivity index is 1.54. The van der Waals surface area contributed by atoms with Crippen molar-refractivity contribution in [3.8, 4) is 5.75 Å². The maximum Gasteiger partial charge on any atom is 0.269 e. The summed E-state index contributed by atoms with van der Waals surface area (Å²) < 4.78 is 5.15. The zero-order chi connectivity index (χ0) is 19.9.